The third-order valence-electron chi connectivity index (χ3n) is 3.25. The molecule has 8 heteroatoms. The van der Waals surface area contributed by atoms with Gasteiger partial charge in [-0.25, -0.2) is 4.39 Å². The Balaban J connectivity index is 2.02. The number of carbonyl (C=O) groups excluding carboxylic acids is 2. The van der Waals surface area contributed by atoms with Crippen molar-refractivity contribution in [1.29, 1.82) is 0 Å². The second-order valence-electron chi connectivity index (χ2n) is 4.82. The molecule has 118 valence electrons. The van der Waals surface area contributed by atoms with E-state index in [-0.39, 0.29) is 29.2 Å². The second kappa shape index (κ2) is 5.38. The lowest BCUT2D eigenvalue weighted by Gasteiger charge is -2.33. The summed E-state index contributed by atoms with van der Waals surface area (Å²) in [6, 6.07) is 6.22. The molecule has 0 unspecified atom stereocenters. The number of carbonyl (C=O) groups is 2. The molecule has 0 spiro atoms. The number of ether oxygens (including phenoxy) is 1. The van der Waals surface area contributed by atoms with Crippen LogP contribution in [0.3, 0.4) is 0 Å². The highest BCUT2D eigenvalue weighted by molar-refractivity contribution is 6.01. The number of benzene rings is 1. The van der Waals surface area contributed by atoms with Crippen LogP contribution in [0.4, 0.5) is 18.9 Å². The molecule has 0 fully saturated rings. The Hall–Kier alpha value is -2.90. The fraction of sp³-hybridized carbons (Fsp3) is 0.133. The van der Waals surface area contributed by atoms with Crippen molar-refractivity contribution in [3.8, 4) is 5.75 Å². The minimum Gasteiger partial charge on any atom is -0.423 e. The zero-order chi connectivity index (χ0) is 16.6. The van der Waals surface area contributed by atoms with E-state index in [2.05, 4.69) is 9.72 Å². The zero-order valence-corrected chi connectivity index (χ0v) is 11.5. The molecule has 1 amide bonds. The Bertz CT molecular complexity index is 778. The number of nitrogens with zero attached hydrogens (tertiary/aromatic N) is 2. The Morgan fingerprint density at radius 3 is 2.70 bits per heavy atom. The van der Waals surface area contributed by atoms with Crippen molar-refractivity contribution in [2.45, 2.75) is 12.7 Å². The minimum atomic E-state index is -4.06. The normalized spacial score (nSPS) is 15.8. The number of alkyl halides is 2. The molecule has 2 aromatic rings. The summed E-state index contributed by atoms with van der Waals surface area (Å²) >= 11 is 0. The van der Waals surface area contributed by atoms with E-state index in [0.29, 0.717) is 6.29 Å². The summed E-state index contributed by atoms with van der Waals surface area (Å²) in [7, 11) is 0. The van der Waals surface area contributed by atoms with Crippen LogP contribution in [0.15, 0.2) is 36.5 Å². The molecule has 0 aliphatic carbocycles. The molecule has 1 aliphatic heterocycles. The van der Waals surface area contributed by atoms with Gasteiger partial charge < -0.3 is 4.74 Å². The minimum absolute atomic E-state index is 0.0812. The molecule has 23 heavy (non-hydrogen) atoms. The number of hydrogen-bond donors (Lipinski definition) is 0. The molecule has 1 aromatic heterocycles. The first-order valence-electron chi connectivity index (χ1n) is 6.49. The Morgan fingerprint density at radius 1 is 1.26 bits per heavy atom. The zero-order valence-electron chi connectivity index (χ0n) is 11.5. The van der Waals surface area contributed by atoms with E-state index in [1.807, 2.05) is 0 Å². The van der Waals surface area contributed by atoms with Crippen molar-refractivity contribution in [2.24, 2.45) is 0 Å². The molecule has 0 bridgehead atoms. The van der Waals surface area contributed by atoms with Crippen LogP contribution in [0, 0.1) is 5.82 Å². The molecule has 3 rings (SSSR count). The third-order valence-corrected chi connectivity index (χ3v) is 3.25. The van der Waals surface area contributed by atoms with Crippen molar-refractivity contribution in [1.82, 2.24) is 4.98 Å². The highest BCUT2D eigenvalue weighted by Gasteiger charge is 2.50. The van der Waals surface area contributed by atoms with Crippen LogP contribution < -0.4 is 9.64 Å². The van der Waals surface area contributed by atoms with Crippen LogP contribution in [0.5, 0.6) is 5.75 Å². The van der Waals surface area contributed by atoms with E-state index in [1.165, 1.54) is 18.2 Å². The largest absolute Gasteiger partial charge is 0.482 e. The summed E-state index contributed by atoms with van der Waals surface area (Å²) in [4.78, 5) is 27.2. The first-order chi connectivity index (χ1) is 10.9. The number of aldehydes is 1. The van der Waals surface area contributed by atoms with Crippen LogP contribution in [0.1, 0.15) is 16.1 Å². The van der Waals surface area contributed by atoms with Gasteiger partial charge in [0.15, 0.2) is 5.75 Å². The monoisotopic (exact) mass is 322 g/mol. The van der Waals surface area contributed by atoms with E-state index in [4.69, 9.17) is 0 Å². The van der Waals surface area contributed by atoms with Gasteiger partial charge in [0.2, 0.25) is 0 Å². The maximum absolute atomic E-state index is 13.7. The van der Waals surface area contributed by atoms with Gasteiger partial charge in [-0.1, -0.05) is 0 Å². The Kier molecular flexibility index (Phi) is 3.51. The maximum Gasteiger partial charge on any atom is 0.482 e. The SMILES string of the molecule is O=Cc1ccc2c(c1)OC(F)(F)C(=O)N2Cc1ccc(F)cn1. The molecule has 0 N–H and O–H groups in total. The predicted octanol–water partition coefficient (Wildman–Crippen LogP) is 2.55. The van der Waals surface area contributed by atoms with Crippen LogP contribution in [0.2, 0.25) is 0 Å². The summed E-state index contributed by atoms with van der Waals surface area (Å²) in [5, 5.41) is 0. The van der Waals surface area contributed by atoms with Gasteiger partial charge in [0, 0.05) is 5.56 Å². The van der Waals surface area contributed by atoms with Crippen LogP contribution in [0.25, 0.3) is 0 Å². The first-order valence-corrected chi connectivity index (χ1v) is 6.49. The maximum atomic E-state index is 13.7. The summed E-state index contributed by atoms with van der Waals surface area (Å²) in [6.45, 7) is -0.286. The van der Waals surface area contributed by atoms with E-state index in [0.717, 1.165) is 23.2 Å². The van der Waals surface area contributed by atoms with Gasteiger partial charge in [-0.15, -0.1) is 0 Å². The molecule has 5 nitrogen and oxygen atoms in total. The summed E-state index contributed by atoms with van der Waals surface area (Å²) in [6.07, 6.45) is -2.66. The molecule has 0 atom stereocenters. The average Bonchev–Trinajstić information content (AvgIpc) is 2.52. The van der Waals surface area contributed by atoms with Gasteiger partial charge in [0.25, 0.3) is 0 Å². The van der Waals surface area contributed by atoms with Gasteiger partial charge in [-0.3, -0.25) is 19.5 Å². The van der Waals surface area contributed by atoms with Gasteiger partial charge in [-0.05, 0) is 30.3 Å². The number of halogens is 3. The van der Waals surface area contributed by atoms with E-state index >= 15 is 0 Å². The van der Waals surface area contributed by atoms with Crippen LogP contribution in [-0.2, 0) is 11.3 Å². The van der Waals surface area contributed by atoms with Crippen molar-refractivity contribution < 1.29 is 27.5 Å². The number of fused-ring (bicyclic) bond motifs is 1. The molecule has 2 heterocycles. The van der Waals surface area contributed by atoms with E-state index in [1.54, 1.807) is 0 Å². The third kappa shape index (κ3) is 2.75. The number of rotatable bonds is 3. The molecular formula is C15H9F3N2O3. The highest BCUT2D eigenvalue weighted by atomic mass is 19.3. The van der Waals surface area contributed by atoms with Crippen molar-refractivity contribution in [3.05, 3.63) is 53.6 Å². The lowest BCUT2D eigenvalue weighted by atomic mass is 10.1. The second-order valence-corrected chi connectivity index (χ2v) is 4.82. The molecule has 0 radical (unpaired) electrons. The van der Waals surface area contributed by atoms with Crippen molar-refractivity contribution >= 4 is 17.9 Å². The summed E-state index contributed by atoms with van der Waals surface area (Å²) in [5.74, 6) is -2.43. The molecule has 1 aliphatic rings. The van der Waals surface area contributed by atoms with Gasteiger partial charge in [0.05, 0.1) is 24.1 Å². The predicted molar refractivity (Wildman–Crippen MR) is 72.8 cm³/mol. The number of hydrogen-bond acceptors (Lipinski definition) is 4. The van der Waals surface area contributed by atoms with Crippen LogP contribution in [-0.4, -0.2) is 23.3 Å². The fourth-order valence-electron chi connectivity index (χ4n) is 2.18. The van der Waals surface area contributed by atoms with Gasteiger partial charge in [-0.2, -0.15) is 8.78 Å². The standard InChI is InChI=1S/C15H9F3N2O3/c16-10-2-3-11(19-6-10)7-20-12-4-1-9(8-21)5-13(12)23-15(17,18)14(20)22/h1-6,8H,7H2. The smallest absolute Gasteiger partial charge is 0.423 e. The van der Waals surface area contributed by atoms with Crippen molar-refractivity contribution in [2.75, 3.05) is 4.90 Å². The Morgan fingerprint density at radius 2 is 2.04 bits per heavy atom. The lowest BCUT2D eigenvalue weighted by molar-refractivity contribution is -0.193. The van der Waals surface area contributed by atoms with E-state index in [9.17, 15) is 22.8 Å². The molecule has 1 aromatic carbocycles. The number of pyridine rings is 1. The first kappa shape index (κ1) is 15.0. The average molecular weight is 322 g/mol. The summed E-state index contributed by atoms with van der Waals surface area (Å²) < 4.78 is 44.8. The van der Waals surface area contributed by atoms with E-state index < -0.39 is 17.8 Å². The van der Waals surface area contributed by atoms with Gasteiger partial charge in [0.1, 0.15) is 12.1 Å². The highest BCUT2D eigenvalue weighted by Crippen LogP contribution is 2.40. The molecular weight excluding hydrogens is 313 g/mol. The Labute approximate surface area is 128 Å². The van der Waals surface area contributed by atoms with Crippen LogP contribution >= 0.6 is 0 Å². The lowest BCUT2D eigenvalue weighted by Crippen LogP contribution is -2.50. The number of amides is 1. The number of anilines is 1. The quantitative estimate of drug-likeness (QED) is 0.815. The summed E-state index contributed by atoms with van der Waals surface area (Å²) in [5.41, 5.74) is 0.439. The molecule has 0 saturated heterocycles. The fourth-order valence-corrected chi connectivity index (χ4v) is 2.18. The molecule has 0 saturated carbocycles. The topological polar surface area (TPSA) is 59.5 Å². The van der Waals surface area contributed by atoms with Gasteiger partial charge >= 0.3 is 12.0 Å². The number of aromatic nitrogens is 1. The van der Waals surface area contributed by atoms with Crippen molar-refractivity contribution in [3.63, 3.8) is 0 Å².